The summed E-state index contributed by atoms with van der Waals surface area (Å²) >= 11 is 0. The molecule has 0 bridgehead atoms. The van der Waals surface area contributed by atoms with Crippen LogP contribution in [-0.2, 0) is 11.2 Å². The van der Waals surface area contributed by atoms with Crippen LogP contribution in [0.3, 0.4) is 0 Å². The van der Waals surface area contributed by atoms with E-state index in [9.17, 15) is 18.0 Å². The van der Waals surface area contributed by atoms with Gasteiger partial charge in [-0.3, -0.25) is 14.4 Å². The van der Waals surface area contributed by atoms with Crippen LogP contribution in [0.1, 0.15) is 74.7 Å². The van der Waals surface area contributed by atoms with Gasteiger partial charge in [0.15, 0.2) is 0 Å². The van der Waals surface area contributed by atoms with Crippen LogP contribution in [0.4, 0.5) is 13.2 Å². The SMILES string of the molecule is O=C(NC1CCCc2cn(C3CCCC3)nc21)C1CCN(CC(F)(F)F)CC1. The fourth-order valence-electron chi connectivity index (χ4n) is 4.96. The van der Waals surface area contributed by atoms with Crippen molar-refractivity contribution >= 4 is 5.91 Å². The van der Waals surface area contributed by atoms with Crippen molar-refractivity contribution in [1.29, 1.82) is 0 Å². The van der Waals surface area contributed by atoms with Crippen molar-refractivity contribution in [2.45, 2.75) is 76.0 Å². The Morgan fingerprint density at radius 2 is 1.82 bits per heavy atom. The van der Waals surface area contributed by atoms with E-state index < -0.39 is 12.7 Å². The number of halogens is 3. The molecule has 0 radical (unpaired) electrons. The second kappa shape index (κ2) is 8.05. The maximum Gasteiger partial charge on any atom is 0.401 e. The summed E-state index contributed by atoms with van der Waals surface area (Å²) in [4.78, 5) is 14.1. The monoisotopic (exact) mass is 398 g/mol. The lowest BCUT2D eigenvalue weighted by Crippen LogP contribution is -2.44. The van der Waals surface area contributed by atoms with Gasteiger partial charge < -0.3 is 5.32 Å². The lowest BCUT2D eigenvalue weighted by Gasteiger charge is -2.32. The molecule has 5 nitrogen and oxygen atoms in total. The van der Waals surface area contributed by atoms with Gasteiger partial charge in [0.2, 0.25) is 5.91 Å². The molecule has 1 amide bonds. The van der Waals surface area contributed by atoms with Gasteiger partial charge in [-0.25, -0.2) is 0 Å². The Hall–Kier alpha value is -1.57. The Bertz CT molecular complexity index is 688. The summed E-state index contributed by atoms with van der Waals surface area (Å²) in [6.45, 7) is -0.237. The number of piperidine rings is 1. The first-order chi connectivity index (χ1) is 13.4. The molecule has 1 aromatic heterocycles. The van der Waals surface area contributed by atoms with E-state index in [-0.39, 0.29) is 17.9 Å². The van der Waals surface area contributed by atoms with Gasteiger partial charge in [-0.1, -0.05) is 12.8 Å². The number of likely N-dealkylation sites (tertiary alicyclic amines) is 1. The molecule has 2 aliphatic carbocycles. The molecule has 4 rings (SSSR count). The molecule has 156 valence electrons. The normalized spacial score (nSPS) is 25.0. The fourth-order valence-corrected chi connectivity index (χ4v) is 4.96. The first kappa shape index (κ1) is 19.7. The third kappa shape index (κ3) is 4.53. The molecule has 0 spiro atoms. The number of fused-ring (bicyclic) bond motifs is 1. The first-order valence-electron chi connectivity index (χ1n) is 10.6. The van der Waals surface area contributed by atoms with E-state index in [0.29, 0.717) is 32.0 Å². The Morgan fingerprint density at radius 3 is 2.50 bits per heavy atom. The highest BCUT2D eigenvalue weighted by atomic mass is 19.4. The highest BCUT2D eigenvalue weighted by Crippen LogP contribution is 2.34. The molecule has 1 saturated carbocycles. The van der Waals surface area contributed by atoms with Crippen molar-refractivity contribution in [3.8, 4) is 0 Å². The van der Waals surface area contributed by atoms with Crippen LogP contribution < -0.4 is 5.32 Å². The smallest absolute Gasteiger partial charge is 0.347 e. The molecule has 1 unspecified atom stereocenters. The Morgan fingerprint density at radius 1 is 1.11 bits per heavy atom. The van der Waals surface area contributed by atoms with E-state index >= 15 is 0 Å². The third-order valence-corrected chi connectivity index (χ3v) is 6.49. The summed E-state index contributed by atoms with van der Waals surface area (Å²) < 4.78 is 39.7. The van der Waals surface area contributed by atoms with Gasteiger partial charge in [-0.2, -0.15) is 18.3 Å². The number of nitrogens with one attached hydrogen (secondary N) is 1. The highest BCUT2D eigenvalue weighted by molar-refractivity contribution is 5.79. The molecule has 1 saturated heterocycles. The van der Waals surface area contributed by atoms with Gasteiger partial charge in [0.25, 0.3) is 0 Å². The zero-order chi connectivity index (χ0) is 19.7. The molecule has 0 aromatic carbocycles. The highest BCUT2D eigenvalue weighted by Gasteiger charge is 2.35. The van der Waals surface area contributed by atoms with Gasteiger partial charge >= 0.3 is 6.18 Å². The third-order valence-electron chi connectivity index (χ3n) is 6.49. The van der Waals surface area contributed by atoms with Gasteiger partial charge in [0.05, 0.1) is 24.3 Å². The number of aromatic nitrogens is 2. The molecule has 1 N–H and O–H groups in total. The van der Waals surface area contributed by atoms with Crippen LogP contribution in [0.5, 0.6) is 0 Å². The van der Waals surface area contributed by atoms with Gasteiger partial charge in [-0.05, 0) is 63.6 Å². The second-order valence-electron chi connectivity index (χ2n) is 8.58. The molecule has 1 aromatic rings. The summed E-state index contributed by atoms with van der Waals surface area (Å²) in [6, 6.07) is 0.423. The van der Waals surface area contributed by atoms with Crippen LogP contribution in [0, 0.1) is 5.92 Å². The topological polar surface area (TPSA) is 50.2 Å². The van der Waals surface area contributed by atoms with Crippen LogP contribution in [0.15, 0.2) is 6.20 Å². The van der Waals surface area contributed by atoms with E-state index in [1.165, 1.54) is 36.1 Å². The predicted octanol–water partition coefficient (Wildman–Crippen LogP) is 3.77. The van der Waals surface area contributed by atoms with Crippen molar-refractivity contribution < 1.29 is 18.0 Å². The number of carbonyl (C=O) groups excluding carboxylic acids is 1. The lowest BCUT2D eigenvalue weighted by atomic mass is 9.91. The minimum atomic E-state index is -4.17. The van der Waals surface area contributed by atoms with Crippen LogP contribution >= 0.6 is 0 Å². The Balaban J connectivity index is 1.34. The second-order valence-corrected chi connectivity index (χ2v) is 8.58. The number of rotatable bonds is 4. The number of hydrogen-bond acceptors (Lipinski definition) is 3. The summed E-state index contributed by atoms with van der Waals surface area (Å²) in [5.74, 6) is -0.230. The average molecular weight is 398 g/mol. The molecule has 3 aliphatic rings. The molecule has 2 fully saturated rings. The number of nitrogens with zero attached hydrogens (tertiary/aromatic N) is 3. The van der Waals surface area contributed by atoms with Crippen molar-refractivity contribution in [2.24, 2.45) is 5.92 Å². The number of amides is 1. The summed E-state index contributed by atoms with van der Waals surface area (Å²) in [7, 11) is 0. The standard InChI is InChI=1S/C20H29F3N4O/c21-20(22,23)13-26-10-8-14(9-11-26)19(28)24-17-7-3-4-15-12-27(25-18(15)17)16-5-1-2-6-16/h12,14,16-17H,1-11,13H2,(H,24,28). The summed E-state index contributed by atoms with van der Waals surface area (Å²) in [5.41, 5.74) is 2.24. The minimum absolute atomic E-state index is 0.0278. The molecular weight excluding hydrogens is 369 g/mol. The maximum absolute atomic E-state index is 12.7. The van der Waals surface area contributed by atoms with Crippen LogP contribution in [0.2, 0.25) is 0 Å². The Labute approximate surface area is 163 Å². The largest absolute Gasteiger partial charge is 0.401 e. The van der Waals surface area contributed by atoms with Gasteiger partial charge in [0.1, 0.15) is 0 Å². The number of hydrogen-bond donors (Lipinski definition) is 1. The van der Waals surface area contributed by atoms with Crippen molar-refractivity contribution in [2.75, 3.05) is 19.6 Å². The number of aryl methyl sites for hydroxylation is 1. The first-order valence-corrected chi connectivity index (χ1v) is 10.6. The van der Waals surface area contributed by atoms with E-state index in [1.54, 1.807) is 0 Å². The summed E-state index contributed by atoms with van der Waals surface area (Å²) in [5, 5.41) is 7.99. The lowest BCUT2D eigenvalue weighted by molar-refractivity contribution is -0.149. The van der Waals surface area contributed by atoms with Gasteiger partial charge in [0, 0.05) is 12.1 Å². The van der Waals surface area contributed by atoms with Crippen LogP contribution in [-0.4, -0.2) is 46.4 Å². The van der Waals surface area contributed by atoms with Crippen molar-refractivity contribution in [1.82, 2.24) is 20.0 Å². The fraction of sp³-hybridized carbons (Fsp3) is 0.800. The Kier molecular flexibility index (Phi) is 5.67. The maximum atomic E-state index is 12.7. The molecule has 28 heavy (non-hydrogen) atoms. The zero-order valence-electron chi connectivity index (χ0n) is 16.2. The van der Waals surface area contributed by atoms with E-state index in [1.807, 2.05) is 0 Å². The van der Waals surface area contributed by atoms with Crippen molar-refractivity contribution in [3.63, 3.8) is 0 Å². The zero-order valence-corrected chi connectivity index (χ0v) is 16.2. The molecule has 1 aliphatic heterocycles. The van der Waals surface area contributed by atoms with Crippen LogP contribution in [0.25, 0.3) is 0 Å². The van der Waals surface area contributed by atoms with E-state index in [2.05, 4.69) is 16.2 Å². The van der Waals surface area contributed by atoms with E-state index in [4.69, 9.17) is 5.10 Å². The molecule has 1 atom stereocenters. The molecule has 2 heterocycles. The predicted molar refractivity (Wildman–Crippen MR) is 98.8 cm³/mol. The number of alkyl halides is 3. The van der Waals surface area contributed by atoms with E-state index in [0.717, 1.165) is 25.0 Å². The summed E-state index contributed by atoms with van der Waals surface area (Å²) in [6.07, 6.45) is 6.73. The quantitative estimate of drug-likeness (QED) is 0.840. The van der Waals surface area contributed by atoms with Crippen molar-refractivity contribution in [3.05, 3.63) is 17.5 Å². The average Bonchev–Trinajstić information content (AvgIpc) is 3.31. The number of carbonyl (C=O) groups is 1. The molecule has 8 heteroatoms. The molecular formula is C20H29F3N4O. The minimum Gasteiger partial charge on any atom is -0.347 e. The van der Waals surface area contributed by atoms with Gasteiger partial charge in [-0.15, -0.1) is 0 Å².